The lowest BCUT2D eigenvalue weighted by atomic mass is 9.97. The topological polar surface area (TPSA) is 157 Å². The molecule has 102 valence electrons. The highest BCUT2D eigenvalue weighted by atomic mass is 35.5. The van der Waals surface area contributed by atoms with Gasteiger partial charge in [0.15, 0.2) is 5.56 Å². The fraction of sp³-hybridized carbons (Fsp3) is 1.00. The van der Waals surface area contributed by atoms with Gasteiger partial charge in [0, 0.05) is 0 Å². The van der Waals surface area contributed by atoms with Crippen molar-refractivity contribution < 1.29 is 44.0 Å². The summed E-state index contributed by atoms with van der Waals surface area (Å²) in [5, 5.41) is 37.1. The molecule has 1 unspecified atom stereocenters. The van der Waals surface area contributed by atoms with Gasteiger partial charge in [-0.2, -0.15) is 0 Å². The van der Waals surface area contributed by atoms with Crippen molar-refractivity contribution in [3.05, 3.63) is 0 Å². The molecule has 5 atom stereocenters. The zero-order chi connectivity index (χ0) is 13.4. The number of hydrogen-bond acceptors (Lipinski definition) is 7. The van der Waals surface area contributed by atoms with Gasteiger partial charge < -0.3 is 34.9 Å². The van der Waals surface area contributed by atoms with Gasteiger partial charge >= 0.3 is 7.82 Å². The highest BCUT2D eigenvalue weighted by molar-refractivity contribution is 7.46. The van der Waals surface area contributed by atoms with Crippen molar-refractivity contribution >= 4 is 19.4 Å². The van der Waals surface area contributed by atoms with Gasteiger partial charge in [-0.05, 0) is 0 Å². The van der Waals surface area contributed by atoms with Crippen LogP contribution in [0.3, 0.4) is 0 Å². The molecule has 1 rings (SSSR count). The van der Waals surface area contributed by atoms with Crippen LogP contribution in [0.15, 0.2) is 0 Å². The monoisotopic (exact) mass is 294 g/mol. The first-order valence-corrected chi connectivity index (χ1v) is 6.33. The number of aliphatic hydroxyl groups excluding tert-OH is 4. The molecule has 1 saturated heterocycles. The van der Waals surface area contributed by atoms with E-state index >= 15 is 0 Å². The SMILES string of the molecule is O=P(O)(O)O[C@@]1(CO)OC(Cl)[C@H](O)[C@@H](O)[C@@H]1O. The molecule has 0 aromatic carbocycles. The minimum Gasteiger partial charge on any atom is -0.391 e. The Bertz CT molecular complexity index is 321. The van der Waals surface area contributed by atoms with Crippen LogP contribution in [-0.4, -0.2) is 66.5 Å². The third kappa shape index (κ3) is 3.15. The normalized spacial score (nSPS) is 43.7. The number of rotatable bonds is 3. The van der Waals surface area contributed by atoms with Gasteiger partial charge in [-0.1, -0.05) is 11.6 Å². The van der Waals surface area contributed by atoms with Gasteiger partial charge in [0.25, 0.3) is 0 Å². The lowest BCUT2D eigenvalue weighted by Crippen LogP contribution is -2.65. The zero-order valence-corrected chi connectivity index (χ0v) is 9.90. The van der Waals surface area contributed by atoms with Crippen molar-refractivity contribution in [3.8, 4) is 0 Å². The van der Waals surface area contributed by atoms with Crippen LogP contribution in [0.4, 0.5) is 0 Å². The molecular formula is C6H12ClO9P. The van der Waals surface area contributed by atoms with E-state index in [1.54, 1.807) is 0 Å². The number of halogens is 1. The Kier molecular flexibility index (Phi) is 4.54. The molecule has 0 amide bonds. The molecule has 0 bridgehead atoms. The van der Waals surface area contributed by atoms with Gasteiger partial charge in [-0.3, -0.25) is 0 Å². The average molecular weight is 295 g/mol. The predicted octanol–water partition coefficient (Wildman–Crippen LogP) is -2.54. The predicted molar refractivity (Wildman–Crippen MR) is 51.7 cm³/mol. The number of ether oxygens (including phenoxy) is 1. The minimum absolute atomic E-state index is 1.19. The Morgan fingerprint density at radius 2 is 1.82 bits per heavy atom. The van der Waals surface area contributed by atoms with Gasteiger partial charge in [0.2, 0.25) is 5.79 Å². The van der Waals surface area contributed by atoms with E-state index in [2.05, 4.69) is 9.26 Å². The molecule has 1 aliphatic heterocycles. The summed E-state index contributed by atoms with van der Waals surface area (Å²) in [5.41, 5.74) is -1.62. The molecule has 11 heteroatoms. The maximum Gasteiger partial charge on any atom is 0.472 e. The Balaban J connectivity index is 3.02. The van der Waals surface area contributed by atoms with E-state index in [1.165, 1.54) is 0 Å². The smallest absolute Gasteiger partial charge is 0.391 e. The highest BCUT2D eigenvalue weighted by Gasteiger charge is 2.56. The molecule has 0 saturated carbocycles. The Morgan fingerprint density at radius 1 is 1.29 bits per heavy atom. The van der Waals surface area contributed by atoms with E-state index in [0.717, 1.165) is 0 Å². The minimum atomic E-state index is -5.12. The summed E-state index contributed by atoms with van der Waals surface area (Å²) in [6.07, 6.45) is -5.69. The third-order valence-electron chi connectivity index (χ3n) is 2.20. The zero-order valence-electron chi connectivity index (χ0n) is 8.25. The van der Waals surface area contributed by atoms with Crippen molar-refractivity contribution in [1.82, 2.24) is 0 Å². The van der Waals surface area contributed by atoms with Gasteiger partial charge in [0.1, 0.15) is 24.9 Å². The second-order valence-electron chi connectivity index (χ2n) is 3.45. The molecule has 0 aliphatic carbocycles. The second-order valence-corrected chi connectivity index (χ2v) is 5.04. The Labute approximate surface area is 100 Å². The van der Waals surface area contributed by atoms with Crippen molar-refractivity contribution in [2.24, 2.45) is 0 Å². The second kappa shape index (κ2) is 5.06. The summed E-state index contributed by atoms with van der Waals surface area (Å²) >= 11 is 5.43. The number of phosphoric acid groups is 1. The van der Waals surface area contributed by atoms with Crippen LogP contribution >= 0.6 is 19.4 Å². The summed E-state index contributed by atoms with van der Waals surface area (Å²) in [5.74, 6) is -2.61. The molecule has 0 radical (unpaired) electrons. The first-order chi connectivity index (χ1) is 7.63. The maximum atomic E-state index is 10.7. The first kappa shape index (κ1) is 15.3. The van der Waals surface area contributed by atoms with E-state index in [-0.39, 0.29) is 0 Å². The van der Waals surface area contributed by atoms with Crippen LogP contribution in [0.25, 0.3) is 0 Å². The van der Waals surface area contributed by atoms with Crippen LogP contribution in [0, 0.1) is 0 Å². The molecule has 0 aromatic rings. The summed E-state index contributed by atoms with van der Waals surface area (Å²) < 4.78 is 19.4. The van der Waals surface area contributed by atoms with Crippen molar-refractivity contribution in [2.45, 2.75) is 29.7 Å². The van der Waals surface area contributed by atoms with Crippen LogP contribution in [-0.2, 0) is 13.8 Å². The molecule has 9 nitrogen and oxygen atoms in total. The highest BCUT2D eigenvalue weighted by Crippen LogP contribution is 2.46. The van der Waals surface area contributed by atoms with E-state index in [9.17, 15) is 19.9 Å². The number of hydrogen-bond donors (Lipinski definition) is 6. The summed E-state index contributed by atoms with van der Waals surface area (Å²) in [6, 6.07) is 0. The largest absolute Gasteiger partial charge is 0.472 e. The molecular weight excluding hydrogens is 282 g/mol. The lowest BCUT2D eigenvalue weighted by Gasteiger charge is -2.45. The maximum absolute atomic E-state index is 10.7. The molecule has 0 spiro atoms. The summed E-state index contributed by atoms with van der Waals surface area (Å²) in [6.45, 7) is -1.19. The molecule has 0 aromatic heterocycles. The Hall–Kier alpha value is 0.200. The van der Waals surface area contributed by atoms with Crippen molar-refractivity contribution in [1.29, 1.82) is 0 Å². The summed E-state index contributed by atoms with van der Waals surface area (Å²) in [7, 11) is -5.12. The van der Waals surface area contributed by atoms with E-state index < -0.39 is 44.1 Å². The van der Waals surface area contributed by atoms with Crippen molar-refractivity contribution in [3.63, 3.8) is 0 Å². The molecule has 1 fully saturated rings. The fourth-order valence-corrected chi connectivity index (χ4v) is 2.28. The van der Waals surface area contributed by atoms with Crippen LogP contribution < -0.4 is 0 Å². The van der Waals surface area contributed by atoms with E-state index in [1.807, 2.05) is 0 Å². The quantitative estimate of drug-likeness (QED) is 0.244. The number of phosphoric ester groups is 1. The molecule has 6 N–H and O–H groups in total. The molecule has 1 heterocycles. The van der Waals surface area contributed by atoms with Gasteiger partial charge in [-0.25, -0.2) is 9.09 Å². The number of alkyl halides is 1. The Morgan fingerprint density at radius 3 is 2.24 bits per heavy atom. The van der Waals surface area contributed by atoms with E-state index in [0.29, 0.717) is 0 Å². The molecule has 1 aliphatic rings. The van der Waals surface area contributed by atoms with E-state index in [4.69, 9.17) is 26.5 Å². The molecule has 17 heavy (non-hydrogen) atoms. The average Bonchev–Trinajstić information content (AvgIpc) is 2.21. The van der Waals surface area contributed by atoms with Gasteiger partial charge in [0.05, 0.1) is 0 Å². The third-order valence-corrected chi connectivity index (χ3v) is 3.09. The van der Waals surface area contributed by atoms with Crippen molar-refractivity contribution in [2.75, 3.05) is 6.61 Å². The first-order valence-electron chi connectivity index (χ1n) is 4.36. The van der Waals surface area contributed by atoms with Gasteiger partial charge in [-0.15, -0.1) is 0 Å². The lowest BCUT2D eigenvalue weighted by molar-refractivity contribution is -0.332. The fourth-order valence-electron chi connectivity index (χ4n) is 1.37. The summed E-state index contributed by atoms with van der Waals surface area (Å²) in [4.78, 5) is 17.2. The van der Waals surface area contributed by atoms with Crippen LogP contribution in [0.5, 0.6) is 0 Å². The van der Waals surface area contributed by atoms with Crippen LogP contribution in [0.1, 0.15) is 0 Å². The number of aliphatic hydroxyl groups is 4. The standard InChI is InChI=1S/C6H12ClO9P/c7-5-3(10)2(9)4(11)6(1-8,15-5)16-17(12,13)14/h2-5,8-11H,1H2,(H2,12,13,14)/t2-,3-,4+,5?,6-/m1/s1. The van der Waals surface area contributed by atoms with Crippen LogP contribution in [0.2, 0.25) is 0 Å².